The van der Waals surface area contributed by atoms with Crippen LogP contribution in [-0.4, -0.2) is 9.55 Å². The molecule has 0 amide bonds. The van der Waals surface area contributed by atoms with Crippen LogP contribution in [0, 0.1) is 5.82 Å². The van der Waals surface area contributed by atoms with Crippen LogP contribution in [0.5, 0.6) is 0 Å². The Morgan fingerprint density at radius 3 is 2.78 bits per heavy atom. The molecule has 0 bridgehead atoms. The van der Waals surface area contributed by atoms with Crippen LogP contribution in [0.15, 0.2) is 18.2 Å². The zero-order chi connectivity index (χ0) is 13.3. The lowest BCUT2D eigenvalue weighted by Gasteiger charge is -2.03. The van der Waals surface area contributed by atoms with E-state index in [0.717, 1.165) is 18.7 Å². The topological polar surface area (TPSA) is 43.8 Å². The third kappa shape index (κ3) is 2.20. The highest BCUT2D eigenvalue weighted by atomic mass is 35.5. The molecule has 1 aromatic carbocycles. The Bertz CT molecular complexity index is 578. The molecule has 1 aromatic heterocycles. The van der Waals surface area contributed by atoms with Gasteiger partial charge < -0.3 is 10.3 Å². The Morgan fingerprint density at radius 1 is 1.44 bits per heavy atom. The number of benzene rings is 1. The molecule has 1 heterocycles. The lowest BCUT2D eigenvalue weighted by atomic mass is 10.1. The van der Waals surface area contributed by atoms with E-state index in [1.165, 1.54) is 12.1 Å². The number of hydrogen-bond donors (Lipinski definition) is 1. The van der Waals surface area contributed by atoms with E-state index in [2.05, 4.69) is 11.9 Å². The molecule has 18 heavy (non-hydrogen) atoms. The number of rotatable bonds is 3. The molecule has 96 valence electrons. The van der Waals surface area contributed by atoms with Crippen molar-refractivity contribution in [1.29, 1.82) is 0 Å². The second kappa shape index (κ2) is 4.98. The Kier molecular flexibility index (Phi) is 3.57. The van der Waals surface area contributed by atoms with Crippen molar-refractivity contribution in [3.63, 3.8) is 0 Å². The van der Waals surface area contributed by atoms with E-state index in [9.17, 15) is 4.39 Å². The largest absolute Gasteiger partial charge is 0.383 e. The molecule has 0 saturated heterocycles. The SMILES string of the molecule is CCCc1nc(-c2ccc(F)cc2Cl)c(N)n1C. The summed E-state index contributed by atoms with van der Waals surface area (Å²) in [5, 5.41) is 0.322. The molecular formula is C13H15ClFN3. The van der Waals surface area contributed by atoms with Crippen molar-refractivity contribution >= 4 is 17.4 Å². The number of nitrogens with zero attached hydrogens (tertiary/aromatic N) is 2. The molecule has 2 rings (SSSR count). The van der Waals surface area contributed by atoms with E-state index >= 15 is 0 Å². The first kappa shape index (κ1) is 12.9. The number of aromatic nitrogens is 2. The number of anilines is 1. The second-order valence-electron chi connectivity index (χ2n) is 4.20. The maximum atomic E-state index is 13.0. The number of nitrogens with two attached hydrogens (primary N) is 1. The van der Waals surface area contributed by atoms with Gasteiger partial charge in [0.05, 0.1) is 5.02 Å². The fourth-order valence-corrected chi connectivity index (χ4v) is 2.14. The van der Waals surface area contributed by atoms with Gasteiger partial charge in [-0.3, -0.25) is 0 Å². The molecule has 0 saturated carbocycles. The molecule has 0 fully saturated rings. The Labute approximate surface area is 110 Å². The molecule has 0 radical (unpaired) electrons. The van der Waals surface area contributed by atoms with Crippen molar-refractivity contribution in [1.82, 2.24) is 9.55 Å². The molecule has 0 aliphatic carbocycles. The molecular weight excluding hydrogens is 253 g/mol. The van der Waals surface area contributed by atoms with E-state index < -0.39 is 0 Å². The molecule has 0 atom stereocenters. The highest BCUT2D eigenvalue weighted by Gasteiger charge is 2.15. The smallest absolute Gasteiger partial charge is 0.131 e. The standard InChI is InChI=1S/C13H15ClFN3/c1-3-4-11-17-12(13(16)18(11)2)9-6-5-8(15)7-10(9)14/h5-7H,3-4,16H2,1-2H3. The van der Waals surface area contributed by atoms with Crippen LogP contribution >= 0.6 is 11.6 Å². The molecule has 3 nitrogen and oxygen atoms in total. The van der Waals surface area contributed by atoms with Crippen LogP contribution in [0.2, 0.25) is 5.02 Å². The van der Waals surface area contributed by atoms with Crippen molar-refractivity contribution in [2.24, 2.45) is 7.05 Å². The minimum Gasteiger partial charge on any atom is -0.383 e. The summed E-state index contributed by atoms with van der Waals surface area (Å²) in [6.07, 6.45) is 1.83. The normalized spacial score (nSPS) is 10.9. The van der Waals surface area contributed by atoms with Crippen LogP contribution in [0.1, 0.15) is 19.2 Å². The summed E-state index contributed by atoms with van der Waals surface area (Å²) in [5.74, 6) is 1.09. The summed E-state index contributed by atoms with van der Waals surface area (Å²) in [6.45, 7) is 2.08. The van der Waals surface area contributed by atoms with Gasteiger partial charge in [0.25, 0.3) is 0 Å². The van der Waals surface area contributed by atoms with Crippen molar-refractivity contribution in [3.8, 4) is 11.3 Å². The Morgan fingerprint density at radius 2 is 2.17 bits per heavy atom. The first-order valence-electron chi connectivity index (χ1n) is 5.81. The molecule has 2 N–H and O–H groups in total. The summed E-state index contributed by atoms with van der Waals surface area (Å²) >= 11 is 6.03. The minimum atomic E-state index is -0.368. The van der Waals surface area contributed by atoms with Crippen LogP contribution in [0.25, 0.3) is 11.3 Å². The van der Waals surface area contributed by atoms with Gasteiger partial charge in [0.2, 0.25) is 0 Å². The predicted molar refractivity (Wildman–Crippen MR) is 72.0 cm³/mol. The highest BCUT2D eigenvalue weighted by molar-refractivity contribution is 6.33. The maximum Gasteiger partial charge on any atom is 0.131 e. The van der Waals surface area contributed by atoms with Gasteiger partial charge in [-0.1, -0.05) is 18.5 Å². The Hall–Kier alpha value is -1.55. The van der Waals surface area contributed by atoms with Crippen LogP contribution in [-0.2, 0) is 13.5 Å². The fraction of sp³-hybridized carbons (Fsp3) is 0.308. The highest BCUT2D eigenvalue weighted by Crippen LogP contribution is 2.32. The van der Waals surface area contributed by atoms with E-state index in [1.54, 1.807) is 6.07 Å². The van der Waals surface area contributed by atoms with Gasteiger partial charge in [-0.2, -0.15) is 0 Å². The van der Waals surface area contributed by atoms with Crippen molar-refractivity contribution < 1.29 is 4.39 Å². The number of halogens is 2. The molecule has 5 heteroatoms. The van der Waals surface area contributed by atoms with Gasteiger partial charge in [-0.05, 0) is 24.6 Å². The van der Waals surface area contributed by atoms with Gasteiger partial charge >= 0.3 is 0 Å². The summed E-state index contributed by atoms with van der Waals surface area (Å²) < 4.78 is 14.9. The average Bonchev–Trinajstić information content (AvgIpc) is 2.58. The molecule has 0 aliphatic rings. The predicted octanol–water partition coefficient (Wildman–Crippen LogP) is 3.41. The second-order valence-corrected chi connectivity index (χ2v) is 4.60. The minimum absolute atomic E-state index is 0.322. The van der Waals surface area contributed by atoms with E-state index in [0.29, 0.717) is 22.1 Å². The quantitative estimate of drug-likeness (QED) is 0.926. The zero-order valence-electron chi connectivity index (χ0n) is 10.4. The number of nitrogen functional groups attached to an aromatic ring is 1. The number of imidazole rings is 1. The monoisotopic (exact) mass is 267 g/mol. The Balaban J connectivity index is 2.53. The molecule has 0 unspecified atom stereocenters. The third-order valence-electron chi connectivity index (χ3n) is 2.89. The van der Waals surface area contributed by atoms with E-state index in [-0.39, 0.29) is 5.82 Å². The van der Waals surface area contributed by atoms with Crippen molar-refractivity contribution in [3.05, 3.63) is 34.9 Å². The zero-order valence-corrected chi connectivity index (χ0v) is 11.1. The molecule has 0 aliphatic heterocycles. The van der Waals surface area contributed by atoms with Gasteiger partial charge in [0, 0.05) is 19.0 Å². The van der Waals surface area contributed by atoms with E-state index in [4.69, 9.17) is 17.3 Å². The summed E-state index contributed by atoms with van der Waals surface area (Å²) in [7, 11) is 1.87. The first-order valence-corrected chi connectivity index (χ1v) is 6.18. The van der Waals surface area contributed by atoms with Crippen molar-refractivity contribution in [2.45, 2.75) is 19.8 Å². The first-order chi connectivity index (χ1) is 8.54. The van der Waals surface area contributed by atoms with Crippen LogP contribution < -0.4 is 5.73 Å². The van der Waals surface area contributed by atoms with Gasteiger partial charge in [0.1, 0.15) is 23.2 Å². The van der Waals surface area contributed by atoms with Crippen LogP contribution in [0.3, 0.4) is 0 Å². The fourth-order valence-electron chi connectivity index (χ4n) is 1.89. The average molecular weight is 268 g/mol. The number of hydrogen-bond acceptors (Lipinski definition) is 2. The third-order valence-corrected chi connectivity index (χ3v) is 3.20. The summed E-state index contributed by atoms with van der Waals surface area (Å²) in [4.78, 5) is 4.49. The van der Waals surface area contributed by atoms with Crippen LogP contribution in [0.4, 0.5) is 10.2 Å². The molecule has 0 spiro atoms. The maximum absolute atomic E-state index is 13.0. The number of aryl methyl sites for hydroxylation is 1. The van der Waals surface area contributed by atoms with Gasteiger partial charge in [0.15, 0.2) is 0 Å². The van der Waals surface area contributed by atoms with Gasteiger partial charge in [-0.25, -0.2) is 9.37 Å². The van der Waals surface area contributed by atoms with Gasteiger partial charge in [-0.15, -0.1) is 0 Å². The van der Waals surface area contributed by atoms with E-state index in [1.807, 2.05) is 11.6 Å². The lowest BCUT2D eigenvalue weighted by Crippen LogP contribution is -2.01. The molecule has 2 aromatic rings. The summed E-state index contributed by atoms with van der Waals surface area (Å²) in [5.41, 5.74) is 7.30. The lowest BCUT2D eigenvalue weighted by molar-refractivity contribution is 0.628. The summed E-state index contributed by atoms with van der Waals surface area (Å²) in [6, 6.07) is 4.23. The van der Waals surface area contributed by atoms with Crippen molar-refractivity contribution in [2.75, 3.05) is 5.73 Å².